The van der Waals surface area contributed by atoms with Gasteiger partial charge in [0.2, 0.25) is 11.8 Å². The molecule has 3 amide bonds. The number of hydrogen-bond donors (Lipinski definition) is 0. The fourth-order valence-corrected chi connectivity index (χ4v) is 5.62. The average Bonchev–Trinajstić information content (AvgIpc) is 3.24. The highest BCUT2D eigenvalue weighted by Crippen LogP contribution is 2.40. The zero-order chi connectivity index (χ0) is 21.7. The molecule has 3 aliphatic rings. The monoisotopic (exact) mass is 456 g/mol. The van der Waals surface area contributed by atoms with E-state index in [1.165, 1.54) is 4.90 Å². The lowest BCUT2D eigenvalue weighted by molar-refractivity contribution is -0.142. The molecule has 2 aromatic carbocycles. The molecule has 2 unspecified atom stereocenters. The number of carbonyl (C=O) groups excluding carboxylic acids is 3. The number of likely N-dealkylation sites (tertiary alicyclic amines) is 1. The summed E-state index contributed by atoms with van der Waals surface area (Å²) in [4.78, 5) is 41.1. The van der Waals surface area contributed by atoms with Gasteiger partial charge in [0, 0.05) is 36.5 Å². The largest absolute Gasteiger partial charge is 0.333 e. The average molecular weight is 457 g/mol. The summed E-state index contributed by atoms with van der Waals surface area (Å²) >= 11 is 12.1. The minimum Gasteiger partial charge on any atom is -0.333 e. The van der Waals surface area contributed by atoms with Crippen molar-refractivity contribution in [3.63, 3.8) is 0 Å². The lowest BCUT2D eigenvalue weighted by Gasteiger charge is -2.41. The molecule has 0 spiro atoms. The number of fused-ring (bicyclic) bond motifs is 2. The van der Waals surface area contributed by atoms with Crippen LogP contribution in [0.4, 0.5) is 0 Å². The number of nitrogens with zero attached hydrogens (tertiary/aromatic N) is 2. The molecule has 31 heavy (non-hydrogen) atoms. The van der Waals surface area contributed by atoms with Crippen molar-refractivity contribution >= 4 is 40.9 Å². The van der Waals surface area contributed by atoms with E-state index in [9.17, 15) is 14.4 Å². The third-order valence-corrected chi connectivity index (χ3v) is 7.52. The van der Waals surface area contributed by atoms with Crippen molar-refractivity contribution in [1.82, 2.24) is 9.80 Å². The molecule has 0 N–H and O–H groups in total. The second-order valence-electron chi connectivity index (χ2n) is 8.59. The number of imide groups is 1. The molecule has 5 nitrogen and oxygen atoms in total. The van der Waals surface area contributed by atoms with E-state index in [0.717, 1.165) is 24.0 Å². The molecule has 0 saturated carbocycles. The van der Waals surface area contributed by atoms with Gasteiger partial charge >= 0.3 is 0 Å². The third-order valence-electron chi connectivity index (χ3n) is 6.78. The maximum atomic E-state index is 13.3. The number of rotatable bonds is 3. The summed E-state index contributed by atoms with van der Waals surface area (Å²) in [6.45, 7) is 0. The van der Waals surface area contributed by atoms with Crippen LogP contribution in [0.2, 0.25) is 10.0 Å². The van der Waals surface area contributed by atoms with Gasteiger partial charge in [-0.25, -0.2) is 0 Å². The Labute approximate surface area is 190 Å². The van der Waals surface area contributed by atoms with Gasteiger partial charge in [-0.2, -0.15) is 0 Å². The van der Waals surface area contributed by atoms with Crippen molar-refractivity contribution < 1.29 is 14.4 Å². The van der Waals surface area contributed by atoms with Crippen molar-refractivity contribution in [3.8, 4) is 11.1 Å². The van der Waals surface area contributed by atoms with E-state index in [-0.39, 0.29) is 35.8 Å². The van der Waals surface area contributed by atoms with Crippen LogP contribution in [0.1, 0.15) is 48.9 Å². The van der Waals surface area contributed by atoms with Crippen molar-refractivity contribution in [3.05, 3.63) is 58.1 Å². The maximum absolute atomic E-state index is 13.3. The molecule has 3 fully saturated rings. The third kappa shape index (κ3) is 3.64. The molecule has 2 atom stereocenters. The second kappa shape index (κ2) is 7.95. The maximum Gasteiger partial charge on any atom is 0.254 e. The number of hydrogen-bond acceptors (Lipinski definition) is 3. The van der Waals surface area contributed by atoms with Crippen LogP contribution < -0.4 is 0 Å². The molecular weight excluding hydrogens is 435 g/mol. The Balaban J connectivity index is 1.32. The molecule has 7 heteroatoms. The Kier molecular flexibility index (Phi) is 5.27. The predicted octanol–water partition coefficient (Wildman–Crippen LogP) is 4.95. The van der Waals surface area contributed by atoms with Crippen LogP contribution in [0.15, 0.2) is 42.5 Å². The summed E-state index contributed by atoms with van der Waals surface area (Å²) in [7, 11) is 0. The van der Waals surface area contributed by atoms with E-state index in [1.54, 1.807) is 6.07 Å². The molecule has 2 bridgehead atoms. The summed E-state index contributed by atoms with van der Waals surface area (Å²) in [5.41, 5.74) is 2.55. The lowest BCUT2D eigenvalue weighted by Crippen LogP contribution is -2.53. The van der Waals surface area contributed by atoms with Gasteiger partial charge in [0.05, 0.1) is 10.0 Å². The minimum absolute atomic E-state index is 0.0192. The number of amides is 3. The first kappa shape index (κ1) is 20.5. The minimum atomic E-state index is -0.0684. The summed E-state index contributed by atoms with van der Waals surface area (Å²) in [6, 6.07) is 13.1. The number of benzene rings is 2. The first-order valence-corrected chi connectivity index (χ1v) is 11.4. The molecule has 0 aromatic heterocycles. The number of halogens is 2. The summed E-state index contributed by atoms with van der Waals surface area (Å²) in [6.07, 6.45) is 3.84. The zero-order valence-electron chi connectivity index (χ0n) is 16.9. The highest BCUT2D eigenvalue weighted by Gasteiger charge is 2.47. The summed E-state index contributed by atoms with van der Waals surface area (Å²) in [5.74, 6) is -0.107. The van der Waals surface area contributed by atoms with E-state index in [0.29, 0.717) is 41.3 Å². The van der Waals surface area contributed by atoms with E-state index < -0.39 is 0 Å². The molecule has 0 radical (unpaired) electrons. The number of piperidine rings is 1. The van der Waals surface area contributed by atoms with Gasteiger partial charge in [0.15, 0.2) is 0 Å². The summed E-state index contributed by atoms with van der Waals surface area (Å²) < 4.78 is 0. The van der Waals surface area contributed by atoms with Crippen LogP contribution in [0.25, 0.3) is 11.1 Å². The van der Waals surface area contributed by atoms with Gasteiger partial charge in [-0.05, 0) is 61.1 Å². The number of carbonyl (C=O) groups is 3. The molecule has 0 aliphatic carbocycles. The molecule has 3 aliphatic heterocycles. The fraction of sp³-hybridized carbons (Fsp3) is 0.375. The Bertz CT molecular complexity index is 1040. The smallest absolute Gasteiger partial charge is 0.254 e. The van der Waals surface area contributed by atoms with Gasteiger partial charge in [-0.1, -0.05) is 41.4 Å². The van der Waals surface area contributed by atoms with Gasteiger partial charge in [0.25, 0.3) is 5.91 Å². The summed E-state index contributed by atoms with van der Waals surface area (Å²) in [5, 5.41) is 1.00. The van der Waals surface area contributed by atoms with Crippen molar-refractivity contribution in [2.75, 3.05) is 0 Å². The van der Waals surface area contributed by atoms with Crippen molar-refractivity contribution in [2.24, 2.45) is 0 Å². The second-order valence-corrected chi connectivity index (χ2v) is 9.40. The fourth-order valence-electron chi connectivity index (χ4n) is 5.32. The van der Waals surface area contributed by atoms with Gasteiger partial charge in [0.1, 0.15) is 0 Å². The standard InChI is InChI=1S/C24H22Cl2N2O3/c25-20-8-5-16(11-21(20)26)14-1-3-15(4-2-14)24(31)27-17-6-7-18(27)13-19(12-17)28-22(29)9-10-23(28)30/h1-5,8,11,17-19H,6-7,9-10,12-13H2. The topological polar surface area (TPSA) is 57.7 Å². The van der Waals surface area contributed by atoms with Crippen molar-refractivity contribution in [2.45, 2.75) is 56.7 Å². The van der Waals surface area contributed by atoms with Crippen LogP contribution in [0, 0.1) is 0 Å². The Morgan fingerprint density at radius 1 is 0.774 bits per heavy atom. The Morgan fingerprint density at radius 2 is 1.35 bits per heavy atom. The zero-order valence-corrected chi connectivity index (χ0v) is 18.4. The van der Waals surface area contributed by atoms with Gasteiger partial charge < -0.3 is 4.90 Å². The van der Waals surface area contributed by atoms with E-state index in [2.05, 4.69) is 0 Å². The predicted molar refractivity (Wildman–Crippen MR) is 119 cm³/mol. The molecule has 160 valence electrons. The van der Waals surface area contributed by atoms with E-state index >= 15 is 0 Å². The molecular formula is C24H22Cl2N2O3. The first-order chi connectivity index (χ1) is 14.9. The van der Waals surface area contributed by atoms with Gasteiger partial charge in [-0.15, -0.1) is 0 Å². The Morgan fingerprint density at radius 3 is 1.94 bits per heavy atom. The van der Waals surface area contributed by atoms with Crippen molar-refractivity contribution in [1.29, 1.82) is 0 Å². The van der Waals surface area contributed by atoms with E-state index in [1.807, 2.05) is 41.3 Å². The highest BCUT2D eigenvalue weighted by atomic mass is 35.5. The van der Waals surface area contributed by atoms with Crippen LogP contribution >= 0.6 is 23.2 Å². The van der Waals surface area contributed by atoms with Crippen LogP contribution in [-0.2, 0) is 9.59 Å². The van der Waals surface area contributed by atoms with E-state index in [4.69, 9.17) is 23.2 Å². The molecule has 5 rings (SSSR count). The molecule has 3 heterocycles. The normalized spacial score (nSPS) is 25.4. The quantitative estimate of drug-likeness (QED) is 0.614. The van der Waals surface area contributed by atoms with Gasteiger partial charge in [-0.3, -0.25) is 19.3 Å². The molecule has 2 aromatic rings. The Hall–Kier alpha value is -2.37. The first-order valence-electron chi connectivity index (χ1n) is 10.7. The van der Waals surface area contributed by atoms with Crippen LogP contribution in [0.5, 0.6) is 0 Å². The highest BCUT2D eigenvalue weighted by molar-refractivity contribution is 6.42. The SMILES string of the molecule is O=C1CCC(=O)N1C1CC2CCC(C1)N2C(=O)c1ccc(-c2ccc(Cl)c(Cl)c2)cc1. The lowest BCUT2D eigenvalue weighted by atomic mass is 9.94. The van der Waals surface area contributed by atoms with Crippen LogP contribution in [0.3, 0.4) is 0 Å². The van der Waals surface area contributed by atoms with Crippen LogP contribution in [-0.4, -0.2) is 45.6 Å². The molecule has 3 saturated heterocycles.